The summed E-state index contributed by atoms with van der Waals surface area (Å²) in [5.74, 6) is -0.552. The Morgan fingerprint density at radius 3 is 2.77 bits per heavy atom. The van der Waals surface area contributed by atoms with Crippen molar-refractivity contribution in [3.05, 3.63) is 33.8 Å². The predicted molar refractivity (Wildman–Crippen MR) is 87.5 cm³/mol. The molecule has 1 heterocycles. The molecule has 0 aromatic heterocycles. The molecule has 3 atom stereocenters. The molecule has 1 aromatic rings. The number of halogens is 2. The highest BCUT2D eigenvalue weighted by Gasteiger charge is 2.33. The highest BCUT2D eigenvalue weighted by molar-refractivity contribution is 7.90. The van der Waals surface area contributed by atoms with Crippen LogP contribution in [-0.4, -0.2) is 57.4 Å². The maximum Gasteiger partial charge on any atom is 0.150 e. The van der Waals surface area contributed by atoms with Gasteiger partial charge in [-0.2, -0.15) is 0 Å². The molecule has 2 N–H and O–H groups in total. The fraction of sp³-hybridized carbons (Fsp3) is 0.571. The van der Waals surface area contributed by atoms with Crippen LogP contribution in [0, 0.1) is 0 Å². The molecular formula is C14H19Cl2NO4S. The van der Waals surface area contributed by atoms with Crippen LogP contribution in [0.1, 0.15) is 11.5 Å². The molecule has 0 radical (unpaired) electrons. The van der Waals surface area contributed by atoms with Crippen LogP contribution in [0.2, 0.25) is 10.0 Å². The molecule has 124 valence electrons. The number of aliphatic hydroxyl groups excluding tert-OH is 1. The van der Waals surface area contributed by atoms with Crippen LogP contribution in [0.15, 0.2) is 18.2 Å². The van der Waals surface area contributed by atoms with E-state index in [0.717, 1.165) is 11.8 Å². The fourth-order valence-electron chi connectivity index (χ4n) is 2.59. The maximum atomic E-state index is 11.4. The molecule has 1 aliphatic rings. The van der Waals surface area contributed by atoms with E-state index in [1.165, 1.54) is 0 Å². The zero-order valence-electron chi connectivity index (χ0n) is 12.1. The van der Waals surface area contributed by atoms with Gasteiger partial charge in [0.2, 0.25) is 0 Å². The van der Waals surface area contributed by atoms with Crippen molar-refractivity contribution >= 4 is 33.0 Å². The summed E-state index contributed by atoms with van der Waals surface area (Å²) in [6.07, 6.45) is -0.629. The Labute approximate surface area is 140 Å². The van der Waals surface area contributed by atoms with Crippen LogP contribution in [0.4, 0.5) is 0 Å². The number of benzene rings is 1. The summed E-state index contributed by atoms with van der Waals surface area (Å²) < 4.78 is 28.6. The minimum atomic E-state index is -3.30. The summed E-state index contributed by atoms with van der Waals surface area (Å²) >= 11 is 12.0. The van der Waals surface area contributed by atoms with E-state index in [1.807, 2.05) is 6.07 Å². The van der Waals surface area contributed by atoms with Crippen molar-refractivity contribution in [2.45, 2.75) is 18.1 Å². The zero-order chi connectivity index (χ0) is 16.3. The number of rotatable bonds is 4. The quantitative estimate of drug-likeness (QED) is 0.842. The Morgan fingerprint density at radius 2 is 2.14 bits per heavy atom. The molecule has 0 amide bonds. The lowest BCUT2D eigenvalue weighted by atomic mass is 9.90. The minimum Gasteiger partial charge on any atom is -0.389 e. The fourth-order valence-corrected chi connectivity index (χ4v) is 3.71. The third-order valence-electron chi connectivity index (χ3n) is 3.57. The van der Waals surface area contributed by atoms with Gasteiger partial charge in [0.15, 0.2) is 0 Å². The Bertz CT molecular complexity index is 623. The van der Waals surface area contributed by atoms with Crippen LogP contribution < -0.4 is 5.32 Å². The number of sulfone groups is 1. The van der Waals surface area contributed by atoms with Gasteiger partial charge < -0.3 is 15.2 Å². The molecule has 22 heavy (non-hydrogen) atoms. The molecule has 0 aliphatic carbocycles. The van der Waals surface area contributed by atoms with Crippen molar-refractivity contribution < 1.29 is 18.3 Å². The maximum absolute atomic E-state index is 11.4. The van der Waals surface area contributed by atoms with E-state index < -0.39 is 22.0 Å². The normalized spacial score (nSPS) is 24.7. The van der Waals surface area contributed by atoms with Gasteiger partial charge in [-0.1, -0.05) is 29.3 Å². The number of nitrogens with one attached hydrogen (secondary N) is 1. The van der Waals surface area contributed by atoms with E-state index >= 15 is 0 Å². The summed E-state index contributed by atoms with van der Waals surface area (Å²) in [4.78, 5) is 0. The van der Waals surface area contributed by atoms with Gasteiger partial charge in [0.05, 0.1) is 34.6 Å². The second-order valence-electron chi connectivity index (χ2n) is 5.48. The van der Waals surface area contributed by atoms with E-state index in [-0.39, 0.29) is 11.7 Å². The van der Waals surface area contributed by atoms with Gasteiger partial charge in [-0.05, 0) is 17.7 Å². The molecule has 8 heteroatoms. The second kappa shape index (κ2) is 7.47. The SMILES string of the molecule is CS(=O)(=O)C[C@H](O)[C@H]1OCCNC[C@@H]1c1ccc(Cl)c(Cl)c1. The second-order valence-corrected chi connectivity index (χ2v) is 8.48. The Kier molecular flexibility index (Phi) is 6.10. The Morgan fingerprint density at radius 1 is 1.41 bits per heavy atom. The lowest BCUT2D eigenvalue weighted by Crippen LogP contribution is -2.40. The molecule has 2 rings (SSSR count). The largest absolute Gasteiger partial charge is 0.389 e. The van der Waals surface area contributed by atoms with Crippen LogP contribution in [0.3, 0.4) is 0 Å². The van der Waals surface area contributed by atoms with Crippen molar-refractivity contribution in [1.29, 1.82) is 0 Å². The molecule has 0 saturated carbocycles. The topological polar surface area (TPSA) is 75.6 Å². The first-order chi connectivity index (χ1) is 10.3. The van der Waals surface area contributed by atoms with E-state index in [1.54, 1.807) is 12.1 Å². The van der Waals surface area contributed by atoms with Gasteiger partial charge >= 0.3 is 0 Å². The monoisotopic (exact) mass is 367 g/mol. The van der Waals surface area contributed by atoms with Gasteiger partial charge in [0.1, 0.15) is 9.84 Å². The highest BCUT2D eigenvalue weighted by atomic mass is 35.5. The molecule has 0 spiro atoms. The van der Waals surface area contributed by atoms with Gasteiger partial charge in [-0.15, -0.1) is 0 Å². The van der Waals surface area contributed by atoms with Gasteiger partial charge in [-0.25, -0.2) is 8.42 Å². The van der Waals surface area contributed by atoms with Crippen molar-refractivity contribution in [3.63, 3.8) is 0 Å². The summed E-state index contributed by atoms with van der Waals surface area (Å²) in [7, 11) is -3.30. The van der Waals surface area contributed by atoms with Crippen LogP contribution in [0.5, 0.6) is 0 Å². The summed E-state index contributed by atoms with van der Waals surface area (Å²) in [5.41, 5.74) is 0.848. The van der Waals surface area contributed by atoms with E-state index in [9.17, 15) is 13.5 Å². The van der Waals surface area contributed by atoms with Crippen LogP contribution in [0.25, 0.3) is 0 Å². The minimum absolute atomic E-state index is 0.214. The summed E-state index contributed by atoms with van der Waals surface area (Å²) in [5, 5.41) is 14.4. The average molecular weight is 368 g/mol. The Balaban J connectivity index is 2.29. The van der Waals surface area contributed by atoms with Crippen molar-refractivity contribution in [2.24, 2.45) is 0 Å². The van der Waals surface area contributed by atoms with Crippen molar-refractivity contribution in [3.8, 4) is 0 Å². The summed E-state index contributed by atoms with van der Waals surface area (Å²) in [6.45, 7) is 1.60. The predicted octanol–water partition coefficient (Wildman–Crippen LogP) is 1.47. The van der Waals surface area contributed by atoms with Gasteiger partial charge in [-0.3, -0.25) is 0 Å². The zero-order valence-corrected chi connectivity index (χ0v) is 14.5. The van der Waals surface area contributed by atoms with Crippen molar-refractivity contribution in [2.75, 3.05) is 31.7 Å². The lowest BCUT2D eigenvalue weighted by Gasteiger charge is -2.29. The molecule has 1 fully saturated rings. The van der Waals surface area contributed by atoms with Gasteiger partial charge in [0.25, 0.3) is 0 Å². The first-order valence-electron chi connectivity index (χ1n) is 6.91. The Hall–Kier alpha value is -0.370. The number of ether oxygens (including phenoxy) is 1. The molecular weight excluding hydrogens is 349 g/mol. The van der Waals surface area contributed by atoms with Gasteiger partial charge in [0, 0.05) is 25.3 Å². The van der Waals surface area contributed by atoms with E-state index in [4.69, 9.17) is 27.9 Å². The lowest BCUT2D eigenvalue weighted by molar-refractivity contribution is -0.0309. The molecule has 1 aliphatic heterocycles. The molecule has 1 aromatic carbocycles. The number of hydrogen-bond donors (Lipinski definition) is 2. The molecule has 0 unspecified atom stereocenters. The summed E-state index contributed by atoms with van der Waals surface area (Å²) in [6, 6.07) is 5.23. The number of aliphatic hydroxyl groups is 1. The van der Waals surface area contributed by atoms with Crippen LogP contribution >= 0.6 is 23.2 Å². The highest BCUT2D eigenvalue weighted by Crippen LogP contribution is 2.31. The molecule has 1 saturated heterocycles. The molecule has 5 nitrogen and oxygen atoms in total. The smallest absolute Gasteiger partial charge is 0.150 e. The molecule has 0 bridgehead atoms. The average Bonchev–Trinajstić information content (AvgIpc) is 2.65. The first kappa shape index (κ1) is 18.0. The van der Waals surface area contributed by atoms with Crippen molar-refractivity contribution in [1.82, 2.24) is 5.32 Å². The number of hydrogen-bond acceptors (Lipinski definition) is 5. The van der Waals surface area contributed by atoms with E-state index in [0.29, 0.717) is 29.7 Å². The first-order valence-corrected chi connectivity index (χ1v) is 9.72. The third kappa shape index (κ3) is 4.81. The standard InChI is InChI=1S/C14H19Cl2NO4S/c1-22(19,20)8-13(18)14-10(7-17-4-5-21-14)9-2-3-11(15)12(16)6-9/h2-3,6,10,13-14,17-18H,4-5,7-8H2,1H3/t10-,13+,14+/m1/s1. The van der Waals surface area contributed by atoms with Crippen LogP contribution in [-0.2, 0) is 14.6 Å². The van der Waals surface area contributed by atoms with E-state index in [2.05, 4.69) is 5.32 Å². The third-order valence-corrected chi connectivity index (χ3v) is 5.26.